The molecule has 2 atom stereocenters. The summed E-state index contributed by atoms with van der Waals surface area (Å²) in [6.07, 6.45) is 4.53. The summed E-state index contributed by atoms with van der Waals surface area (Å²) in [6.45, 7) is 4.39. The van der Waals surface area contributed by atoms with Crippen LogP contribution >= 0.6 is 0 Å². The predicted molar refractivity (Wildman–Crippen MR) is 86.9 cm³/mol. The molecular formula is C18H26N2O2. The van der Waals surface area contributed by atoms with Crippen molar-refractivity contribution in [3.8, 4) is 5.75 Å². The lowest BCUT2D eigenvalue weighted by Crippen LogP contribution is -2.67. The molecule has 0 radical (unpaired) electrons. The lowest BCUT2D eigenvalue weighted by molar-refractivity contribution is -0.148. The number of ether oxygens (including phenoxy) is 1. The fraction of sp³-hybridized carbons (Fsp3) is 0.611. The summed E-state index contributed by atoms with van der Waals surface area (Å²) in [5.41, 5.74) is -0.0393. The highest BCUT2D eigenvalue weighted by Crippen LogP contribution is 2.38. The smallest absolute Gasteiger partial charge is 0.261 e. The Kier molecular flexibility index (Phi) is 4.39. The van der Waals surface area contributed by atoms with Crippen LogP contribution in [0.25, 0.3) is 0 Å². The van der Waals surface area contributed by atoms with Crippen LogP contribution in [-0.2, 0) is 4.79 Å². The van der Waals surface area contributed by atoms with E-state index >= 15 is 0 Å². The van der Waals surface area contributed by atoms with Gasteiger partial charge in [-0.15, -0.1) is 0 Å². The fourth-order valence-electron chi connectivity index (χ4n) is 4.18. The van der Waals surface area contributed by atoms with E-state index in [1.54, 1.807) is 0 Å². The van der Waals surface area contributed by atoms with Crippen LogP contribution in [-0.4, -0.2) is 54.0 Å². The van der Waals surface area contributed by atoms with E-state index in [0.717, 1.165) is 38.1 Å². The highest BCUT2D eigenvalue weighted by Gasteiger charge is 2.47. The van der Waals surface area contributed by atoms with Crippen molar-refractivity contribution in [3.05, 3.63) is 30.3 Å². The molecule has 2 aliphatic heterocycles. The molecule has 0 aromatic heterocycles. The number of nitrogens with zero attached hydrogens (tertiary/aromatic N) is 2. The number of piperidine rings is 2. The third kappa shape index (κ3) is 2.84. The van der Waals surface area contributed by atoms with Crippen molar-refractivity contribution in [2.24, 2.45) is 0 Å². The molecule has 0 bridgehead atoms. The van der Waals surface area contributed by atoms with Gasteiger partial charge in [-0.2, -0.15) is 0 Å². The summed E-state index contributed by atoms with van der Waals surface area (Å²) in [4.78, 5) is 17.2. The first-order valence-electron chi connectivity index (χ1n) is 8.30. The van der Waals surface area contributed by atoms with E-state index in [2.05, 4.69) is 23.8 Å². The van der Waals surface area contributed by atoms with Gasteiger partial charge < -0.3 is 14.5 Å². The van der Waals surface area contributed by atoms with E-state index in [1.807, 2.05) is 30.3 Å². The quantitative estimate of drug-likeness (QED) is 0.860. The molecule has 0 N–H and O–H groups in total. The first-order valence-corrected chi connectivity index (χ1v) is 8.30. The predicted octanol–water partition coefficient (Wildman–Crippen LogP) is 2.54. The van der Waals surface area contributed by atoms with Gasteiger partial charge in [0.15, 0.2) is 6.61 Å². The minimum absolute atomic E-state index is 0.0393. The molecular weight excluding hydrogens is 276 g/mol. The first-order chi connectivity index (χ1) is 10.6. The van der Waals surface area contributed by atoms with E-state index in [4.69, 9.17) is 4.74 Å². The van der Waals surface area contributed by atoms with Gasteiger partial charge in [0.2, 0.25) is 0 Å². The molecule has 4 heteroatoms. The van der Waals surface area contributed by atoms with Crippen molar-refractivity contribution in [2.45, 2.75) is 44.2 Å². The van der Waals surface area contributed by atoms with E-state index in [9.17, 15) is 4.79 Å². The van der Waals surface area contributed by atoms with Gasteiger partial charge in [-0.05, 0) is 58.3 Å². The Morgan fingerprint density at radius 2 is 2.05 bits per heavy atom. The zero-order valence-corrected chi connectivity index (χ0v) is 13.6. The largest absolute Gasteiger partial charge is 0.484 e. The number of amides is 1. The van der Waals surface area contributed by atoms with Crippen LogP contribution in [0.3, 0.4) is 0 Å². The number of likely N-dealkylation sites (tertiary alicyclic amines) is 2. The second-order valence-electron chi connectivity index (χ2n) is 6.75. The minimum atomic E-state index is -0.0393. The summed E-state index contributed by atoms with van der Waals surface area (Å²) in [5.74, 6) is 0.877. The summed E-state index contributed by atoms with van der Waals surface area (Å²) in [6, 6.07) is 10.1. The van der Waals surface area contributed by atoms with Crippen molar-refractivity contribution in [3.63, 3.8) is 0 Å². The maximum Gasteiger partial charge on any atom is 0.261 e. The van der Waals surface area contributed by atoms with Crippen molar-refractivity contribution in [1.29, 1.82) is 0 Å². The molecule has 2 aliphatic rings. The molecule has 2 fully saturated rings. The van der Waals surface area contributed by atoms with Crippen LogP contribution in [0, 0.1) is 0 Å². The second kappa shape index (κ2) is 6.29. The summed E-state index contributed by atoms with van der Waals surface area (Å²) >= 11 is 0. The van der Waals surface area contributed by atoms with Gasteiger partial charge >= 0.3 is 0 Å². The number of carbonyl (C=O) groups is 1. The molecule has 3 rings (SSSR count). The van der Waals surface area contributed by atoms with Crippen LogP contribution in [0.4, 0.5) is 0 Å². The third-order valence-corrected chi connectivity index (χ3v) is 5.33. The molecule has 2 heterocycles. The third-order valence-electron chi connectivity index (χ3n) is 5.33. The number of hydrogen-bond donors (Lipinski definition) is 0. The summed E-state index contributed by atoms with van der Waals surface area (Å²) in [5, 5.41) is 0. The van der Waals surface area contributed by atoms with Gasteiger partial charge in [-0.3, -0.25) is 4.79 Å². The standard InChI is InChI=1S/C18H26N2O2/c1-18-11-7-12-19(2)16(18)10-6-13-20(18)17(21)14-22-15-8-4-3-5-9-15/h3-5,8-9,16H,6-7,10-14H2,1-2H3/t16-,18-/m0/s1. The number of carbonyl (C=O) groups excluding carboxylic acids is 1. The minimum Gasteiger partial charge on any atom is -0.484 e. The number of hydrogen-bond acceptors (Lipinski definition) is 3. The second-order valence-corrected chi connectivity index (χ2v) is 6.75. The topological polar surface area (TPSA) is 32.8 Å². The van der Waals surface area contributed by atoms with Gasteiger partial charge in [0.05, 0.1) is 5.54 Å². The number of benzene rings is 1. The molecule has 22 heavy (non-hydrogen) atoms. The van der Waals surface area contributed by atoms with Gasteiger partial charge in [0, 0.05) is 12.6 Å². The molecule has 2 saturated heterocycles. The Morgan fingerprint density at radius 1 is 1.27 bits per heavy atom. The van der Waals surface area contributed by atoms with E-state index in [1.165, 1.54) is 6.42 Å². The molecule has 4 nitrogen and oxygen atoms in total. The molecule has 1 amide bonds. The highest BCUT2D eigenvalue weighted by atomic mass is 16.5. The van der Waals surface area contributed by atoms with E-state index < -0.39 is 0 Å². The lowest BCUT2D eigenvalue weighted by atomic mass is 9.76. The zero-order chi connectivity index (χ0) is 15.6. The molecule has 0 spiro atoms. The first kappa shape index (κ1) is 15.3. The van der Waals surface area contributed by atoms with Gasteiger partial charge in [-0.25, -0.2) is 0 Å². The highest BCUT2D eigenvalue weighted by molar-refractivity contribution is 5.79. The Balaban J connectivity index is 1.68. The number of para-hydroxylation sites is 1. The molecule has 1 aromatic rings. The van der Waals surface area contributed by atoms with Gasteiger partial charge in [0.1, 0.15) is 5.75 Å². The van der Waals surface area contributed by atoms with Crippen molar-refractivity contribution in [1.82, 2.24) is 9.80 Å². The molecule has 1 aromatic carbocycles. The SMILES string of the molecule is CN1CCC[C@@]2(C)[C@@H]1CCCN2C(=O)COc1ccccc1. The van der Waals surface area contributed by atoms with Crippen LogP contribution in [0.5, 0.6) is 5.75 Å². The monoisotopic (exact) mass is 302 g/mol. The summed E-state index contributed by atoms with van der Waals surface area (Å²) < 4.78 is 5.67. The molecule has 0 unspecified atom stereocenters. The Labute approximate surface area is 133 Å². The van der Waals surface area contributed by atoms with Crippen molar-refractivity contribution in [2.75, 3.05) is 26.7 Å². The zero-order valence-electron chi connectivity index (χ0n) is 13.6. The van der Waals surface area contributed by atoms with Gasteiger partial charge in [0.25, 0.3) is 5.91 Å². The Hall–Kier alpha value is -1.55. The normalized spacial score (nSPS) is 29.0. The van der Waals surface area contributed by atoms with Crippen LogP contribution in [0.15, 0.2) is 30.3 Å². The molecule has 0 saturated carbocycles. The Morgan fingerprint density at radius 3 is 2.82 bits per heavy atom. The number of fused-ring (bicyclic) bond motifs is 1. The average molecular weight is 302 g/mol. The van der Waals surface area contributed by atoms with Crippen LogP contribution in [0.2, 0.25) is 0 Å². The lowest BCUT2D eigenvalue weighted by Gasteiger charge is -2.55. The van der Waals surface area contributed by atoms with Crippen LogP contribution in [0.1, 0.15) is 32.6 Å². The van der Waals surface area contributed by atoms with Crippen LogP contribution < -0.4 is 4.74 Å². The average Bonchev–Trinajstić information content (AvgIpc) is 2.53. The van der Waals surface area contributed by atoms with Crippen molar-refractivity contribution >= 4 is 5.91 Å². The molecule has 120 valence electrons. The number of likely N-dealkylation sites (N-methyl/N-ethyl adjacent to an activating group) is 1. The van der Waals surface area contributed by atoms with Crippen molar-refractivity contribution < 1.29 is 9.53 Å². The van der Waals surface area contributed by atoms with Gasteiger partial charge in [-0.1, -0.05) is 18.2 Å². The fourth-order valence-corrected chi connectivity index (χ4v) is 4.18. The summed E-state index contributed by atoms with van der Waals surface area (Å²) in [7, 11) is 2.19. The van der Waals surface area contributed by atoms with E-state index in [-0.39, 0.29) is 18.1 Å². The molecule has 0 aliphatic carbocycles. The maximum atomic E-state index is 12.7. The maximum absolute atomic E-state index is 12.7. The Bertz CT molecular complexity index is 519. The number of rotatable bonds is 3. The van der Waals surface area contributed by atoms with E-state index in [0.29, 0.717) is 6.04 Å².